The Bertz CT molecular complexity index is 1870. The number of aliphatic hydroxyl groups excluding tert-OH is 1. The van der Waals surface area contributed by atoms with Crippen molar-refractivity contribution in [1.29, 1.82) is 0 Å². The molecule has 0 aliphatic heterocycles. The first-order valence-electron chi connectivity index (χ1n) is 39.9. The van der Waals surface area contributed by atoms with E-state index in [1.165, 1.54) is 199 Å². The zero-order valence-electron chi connectivity index (χ0n) is 62.8. The number of unbranched alkanes of at least 4 members (excludes halogenated alkanes) is 41. The molecule has 0 bridgehead atoms. The van der Waals surface area contributed by atoms with Crippen molar-refractivity contribution in [2.75, 3.05) is 39.6 Å². The van der Waals surface area contributed by atoms with Crippen LogP contribution in [0.4, 0.5) is 0 Å². The van der Waals surface area contributed by atoms with Gasteiger partial charge in [0, 0.05) is 25.7 Å². The molecule has 0 amide bonds. The van der Waals surface area contributed by atoms with E-state index >= 15 is 0 Å². The molecule has 19 heteroatoms. The third-order valence-electron chi connectivity index (χ3n) is 18.6. The Labute approximate surface area is 588 Å². The van der Waals surface area contributed by atoms with Gasteiger partial charge in [0.2, 0.25) is 0 Å². The van der Waals surface area contributed by atoms with Crippen molar-refractivity contribution in [3.05, 3.63) is 0 Å². The molecule has 0 saturated carbocycles. The molecule has 0 spiro atoms. The van der Waals surface area contributed by atoms with Gasteiger partial charge in [-0.25, -0.2) is 9.13 Å². The van der Waals surface area contributed by atoms with E-state index in [4.69, 9.17) is 37.0 Å². The molecule has 0 aromatic heterocycles. The standard InChI is InChI=1S/C77H150O17P2/c1-8-11-12-13-14-15-16-17-18-22-25-31-36-44-51-58-74(79)87-64-72(93-76(81)60-53-46-37-32-26-23-20-19-21-24-30-35-42-49-56-69(6)9-2)66-91-95(83,84)89-62-71(78)63-90-96(85,86)92-67-73(65-88-75(80)59-52-45-40-39-43-50-57-70(7)10-3)94-77(82)61-54-47-38-33-28-27-29-34-41-48-55-68(4)5/h68-73,78H,8-67H2,1-7H3,(H,83,84)(H,85,86)/t69?,70?,71-,72-,73-/m1/s1. The van der Waals surface area contributed by atoms with Crippen LogP contribution in [0.1, 0.15) is 395 Å². The smallest absolute Gasteiger partial charge is 0.462 e. The molecule has 0 aromatic carbocycles. The average molecular weight is 1410 g/mol. The minimum atomic E-state index is -4.96. The van der Waals surface area contributed by atoms with Crippen LogP contribution >= 0.6 is 15.6 Å². The second-order valence-corrected chi connectivity index (χ2v) is 31.6. The zero-order chi connectivity index (χ0) is 70.9. The number of carbonyl (C=O) groups excluding carboxylic acids is 4. The van der Waals surface area contributed by atoms with E-state index in [0.717, 1.165) is 114 Å². The average Bonchev–Trinajstić information content (AvgIpc) is 2.01. The summed E-state index contributed by atoms with van der Waals surface area (Å²) >= 11 is 0. The fraction of sp³-hybridized carbons (Fsp3) is 0.948. The van der Waals surface area contributed by atoms with E-state index in [1.807, 2.05) is 0 Å². The highest BCUT2D eigenvalue weighted by atomic mass is 31.2. The van der Waals surface area contributed by atoms with Crippen molar-refractivity contribution in [3.8, 4) is 0 Å². The van der Waals surface area contributed by atoms with Crippen LogP contribution in [0.25, 0.3) is 0 Å². The van der Waals surface area contributed by atoms with E-state index in [2.05, 4.69) is 48.5 Å². The van der Waals surface area contributed by atoms with Gasteiger partial charge in [-0.05, 0) is 43.4 Å². The van der Waals surface area contributed by atoms with E-state index in [9.17, 15) is 43.2 Å². The minimum absolute atomic E-state index is 0.105. The maximum atomic E-state index is 13.1. The predicted molar refractivity (Wildman–Crippen MR) is 391 cm³/mol. The fourth-order valence-electron chi connectivity index (χ4n) is 11.7. The largest absolute Gasteiger partial charge is 0.472 e. The summed E-state index contributed by atoms with van der Waals surface area (Å²) in [7, 11) is -9.91. The summed E-state index contributed by atoms with van der Waals surface area (Å²) in [6.07, 6.45) is 54.0. The van der Waals surface area contributed by atoms with Crippen LogP contribution in [0.5, 0.6) is 0 Å². The highest BCUT2D eigenvalue weighted by Crippen LogP contribution is 2.45. The van der Waals surface area contributed by atoms with Crippen LogP contribution in [0.15, 0.2) is 0 Å². The molecule has 4 unspecified atom stereocenters. The molecular weight excluding hydrogens is 1260 g/mol. The second kappa shape index (κ2) is 67.5. The predicted octanol–water partition coefficient (Wildman–Crippen LogP) is 22.6. The monoisotopic (exact) mass is 1410 g/mol. The highest BCUT2D eigenvalue weighted by Gasteiger charge is 2.30. The van der Waals surface area contributed by atoms with E-state index in [0.29, 0.717) is 25.7 Å². The SMILES string of the molecule is CCCCCCCCCCCCCCCCCC(=O)OC[C@H](COP(=O)(O)OC[C@@H](O)COP(=O)(O)OC[C@@H](COC(=O)CCCCCCCCC(C)CC)OC(=O)CCCCCCCCCCCCC(C)C)OC(=O)CCCCCCCCCCCCCCCCC(C)CC. The first kappa shape index (κ1) is 94.1. The number of hydrogen-bond donors (Lipinski definition) is 3. The number of hydrogen-bond acceptors (Lipinski definition) is 15. The highest BCUT2D eigenvalue weighted by molar-refractivity contribution is 7.47. The Morgan fingerprint density at radius 1 is 0.302 bits per heavy atom. The molecular formula is C77H150O17P2. The zero-order valence-corrected chi connectivity index (χ0v) is 64.6. The van der Waals surface area contributed by atoms with Gasteiger partial charge < -0.3 is 33.8 Å². The molecule has 0 aliphatic carbocycles. The molecule has 7 atom stereocenters. The van der Waals surface area contributed by atoms with Crippen LogP contribution in [-0.4, -0.2) is 96.7 Å². The van der Waals surface area contributed by atoms with Crippen molar-refractivity contribution < 1.29 is 80.2 Å². The van der Waals surface area contributed by atoms with Crippen molar-refractivity contribution in [2.24, 2.45) is 17.8 Å². The van der Waals surface area contributed by atoms with Gasteiger partial charge in [0.25, 0.3) is 0 Å². The molecule has 0 rings (SSSR count). The van der Waals surface area contributed by atoms with Crippen LogP contribution in [0.2, 0.25) is 0 Å². The molecule has 0 heterocycles. The maximum Gasteiger partial charge on any atom is 0.472 e. The van der Waals surface area contributed by atoms with Crippen molar-refractivity contribution >= 4 is 39.5 Å². The Kier molecular flexibility index (Phi) is 66.2. The first-order chi connectivity index (χ1) is 46.3. The summed E-state index contributed by atoms with van der Waals surface area (Å²) in [6.45, 7) is 11.9. The Morgan fingerprint density at radius 3 is 0.792 bits per heavy atom. The number of carbonyl (C=O) groups is 4. The molecule has 0 saturated heterocycles. The lowest BCUT2D eigenvalue weighted by atomic mass is 9.99. The van der Waals surface area contributed by atoms with Crippen molar-refractivity contribution in [3.63, 3.8) is 0 Å². The van der Waals surface area contributed by atoms with Gasteiger partial charge in [-0.2, -0.15) is 0 Å². The number of aliphatic hydroxyl groups is 1. The molecule has 3 N–H and O–H groups in total. The lowest BCUT2D eigenvalue weighted by molar-refractivity contribution is -0.161. The van der Waals surface area contributed by atoms with Gasteiger partial charge in [0.15, 0.2) is 12.2 Å². The molecule has 0 radical (unpaired) electrons. The summed E-state index contributed by atoms with van der Waals surface area (Å²) in [5.74, 6) is 0.212. The number of ether oxygens (including phenoxy) is 4. The summed E-state index contributed by atoms with van der Waals surface area (Å²) in [4.78, 5) is 72.9. The quantitative estimate of drug-likeness (QED) is 0.0222. The van der Waals surface area contributed by atoms with Crippen LogP contribution in [0.3, 0.4) is 0 Å². The number of rotatable bonds is 75. The number of phosphoric ester groups is 2. The molecule has 570 valence electrons. The normalized spacial score (nSPS) is 14.6. The molecule has 96 heavy (non-hydrogen) atoms. The lowest BCUT2D eigenvalue weighted by Gasteiger charge is -2.21. The number of phosphoric acid groups is 2. The van der Waals surface area contributed by atoms with E-state index in [-0.39, 0.29) is 25.7 Å². The number of esters is 4. The topological polar surface area (TPSA) is 237 Å². The van der Waals surface area contributed by atoms with Gasteiger partial charge in [0.1, 0.15) is 19.3 Å². The Hall–Kier alpha value is -1.94. The first-order valence-corrected chi connectivity index (χ1v) is 42.9. The van der Waals surface area contributed by atoms with Crippen molar-refractivity contribution in [1.82, 2.24) is 0 Å². The van der Waals surface area contributed by atoms with Crippen LogP contribution in [0, 0.1) is 17.8 Å². The summed E-state index contributed by atoms with van der Waals surface area (Å²) in [6, 6.07) is 0. The summed E-state index contributed by atoms with van der Waals surface area (Å²) < 4.78 is 68.6. The lowest BCUT2D eigenvalue weighted by Crippen LogP contribution is -2.30. The third-order valence-corrected chi connectivity index (χ3v) is 20.5. The second-order valence-electron chi connectivity index (χ2n) is 28.7. The van der Waals surface area contributed by atoms with Gasteiger partial charge in [-0.3, -0.25) is 37.3 Å². The van der Waals surface area contributed by atoms with Crippen molar-refractivity contribution in [2.45, 2.75) is 414 Å². The summed E-state index contributed by atoms with van der Waals surface area (Å²) in [5.41, 5.74) is 0. The Balaban J connectivity index is 5.25. The molecule has 0 aromatic rings. The van der Waals surface area contributed by atoms with Gasteiger partial charge >= 0.3 is 39.5 Å². The van der Waals surface area contributed by atoms with Crippen LogP contribution in [-0.2, 0) is 65.4 Å². The fourth-order valence-corrected chi connectivity index (χ4v) is 13.3. The van der Waals surface area contributed by atoms with Gasteiger partial charge in [0.05, 0.1) is 26.4 Å². The summed E-state index contributed by atoms with van der Waals surface area (Å²) in [5, 5.41) is 10.6. The van der Waals surface area contributed by atoms with Gasteiger partial charge in [-0.15, -0.1) is 0 Å². The Morgan fingerprint density at radius 2 is 0.531 bits per heavy atom. The molecule has 0 aliphatic rings. The third kappa shape index (κ3) is 67.9. The van der Waals surface area contributed by atoms with E-state index < -0.39 is 97.5 Å². The van der Waals surface area contributed by atoms with E-state index in [1.54, 1.807) is 0 Å². The molecule has 0 fully saturated rings. The van der Waals surface area contributed by atoms with Crippen LogP contribution < -0.4 is 0 Å². The molecule has 17 nitrogen and oxygen atoms in total. The maximum absolute atomic E-state index is 13.1. The minimum Gasteiger partial charge on any atom is -0.462 e. The van der Waals surface area contributed by atoms with Gasteiger partial charge in [-0.1, -0.05) is 344 Å².